The Kier molecular flexibility index (Phi) is 14.7. The van der Waals surface area contributed by atoms with Crippen molar-refractivity contribution >= 4 is 40.0 Å². The SMILES string of the molecule is CCCS(=O)(=O)N1CCC(NC(=NCC(CCO)CC(C)C)NCC)CC1.I. The van der Waals surface area contributed by atoms with E-state index in [1.807, 2.05) is 13.8 Å². The summed E-state index contributed by atoms with van der Waals surface area (Å²) in [5.41, 5.74) is 0. The van der Waals surface area contributed by atoms with E-state index < -0.39 is 10.0 Å². The maximum absolute atomic E-state index is 12.2. The Labute approximate surface area is 189 Å². The number of halogens is 1. The summed E-state index contributed by atoms with van der Waals surface area (Å²) < 4.78 is 26.0. The first-order valence-electron chi connectivity index (χ1n) is 10.5. The lowest BCUT2D eigenvalue weighted by Gasteiger charge is -2.32. The van der Waals surface area contributed by atoms with E-state index in [1.54, 1.807) is 4.31 Å². The van der Waals surface area contributed by atoms with Gasteiger partial charge in [0.05, 0.1) is 5.75 Å². The fourth-order valence-corrected chi connectivity index (χ4v) is 5.07. The smallest absolute Gasteiger partial charge is 0.214 e. The van der Waals surface area contributed by atoms with Crippen LogP contribution in [0.25, 0.3) is 0 Å². The molecule has 9 heteroatoms. The second kappa shape index (κ2) is 14.8. The summed E-state index contributed by atoms with van der Waals surface area (Å²) in [4.78, 5) is 4.73. The van der Waals surface area contributed by atoms with Crippen molar-refractivity contribution in [2.45, 2.75) is 65.8 Å². The van der Waals surface area contributed by atoms with Crippen molar-refractivity contribution in [2.75, 3.05) is 38.5 Å². The highest BCUT2D eigenvalue weighted by molar-refractivity contribution is 14.0. The third kappa shape index (κ3) is 10.6. The zero-order valence-electron chi connectivity index (χ0n) is 18.0. The minimum absolute atomic E-state index is 0. The van der Waals surface area contributed by atoms with E-state index in [4.69, 9.17) is 4.99 Å². The number of aliphatic hydroxyl groups excluding tert-OH is 1. The molecule has 0 aromatic heterocycles. The molecule has 0 radical (unpaired) electrons. The number of rotatable bonds is 11. The number of aliphatic hydroxyl groups is 1. The van der Waals surface area contributed by atoms with Gasteiger partial charge in [-0.05, 0) is 50.9 Å². The molecule has 0 spiro atoms. The van der Waals surface area contributed by atoms with Crippen molar-refractivity contribution in [3.8, 4) is 0 Å². The van der Waals surface area contributed by atoms with Crippen LogP contribution in [0, 0.1) is 11.8 Å². The van der Waals surface area contributed by atoms with Crippen LogP contribution in [0.4, 0.5) is 0 Å². The second-order valence-corrected chi connectivity index (χ2v) is 9.95. The van der Waals surface area contributed by atoms with Gasteiger partial charge in [-0.2, -0.15) is 0 Å². The van der Waals surface area contributed by atoms with Crippen LogP contribution in [0.5, 0.6) is 0 Å². The molecule has 1 aliphatic rings. The summed E-state index contributed by atoms with van der Waals surface area (Å²) in [6.45, 7) is 11.1. The van der Waals surface area contributed by atoms with E-state index in [1.165, 1.54) is 0 Å². The number of nitrogens with one attached hydrogen (secondary N) is 2. The average molecular weight is 533 g/mol. The molecule has 1 rings (SSSR count). The maximum Gasteiger partial charge on any atom is 0.214 e. The minimum atomic E-state index is -3.10. The van der Waals surface area contributed by atoms with E-state index in [2.05, 4.69) is 24.5 Å². The van der Waals surface area contributed by atoms with Gasteiger partial charge in [0.25, 0.3) is 0 Å². The Morgan fingerprint density at radius 2 is 1.89 bits per heavy atom. The third-order valence-corrected chi connectivity index (χ3v) is 6.92. The molecular formula is C19H41IN4O3S. The van der Waals surface area contributed by atoms with Crippen molar-refractivity contribution in [1.82, 2.24) is 14.9 Å². The molecule has 0 aromatic carbocycles. The van der Waals surface area contributed by atoms with Crippen LogP contribution >= 0.6 is 24.0 Å². The summed E-state index contributed by atoms with van der Waals surface area (Å²) in [5, 5.41) is 16.0. The predicted octanol–water partition coefficient (Wildman–Crippen LogP) is 2.41. The molecule has 1 atom stereocenters. The lowest BCUT2D eigenvalue weighted by Crippen LogP contribution is -2.50. The summed E-state index contributed by atoms with van der Waals surface area (Å²) in [6.07, 6.45) is 4.06. The van der Waals surface area contributed by atoms with Gasteiger partial charge >= 0.3 is 0 Å². The number of aliphatic imine (C=N–C) groups is 1. The van der Waals surface area contributed by atoms with Crippen LogP contribution in [0.15, 0.2) is 4.99 Å². The van der Waals surface area contributed by atoms with Gasteiger partial charge in [0.15, 0.2) is 5.96 Å². The van der Waals surface area contributed by atoms with Crippen LogP contribution in [0.2, 0.25) is 0 Å². The van der Waals surface area contributed by atoms with Crippen LogP contribution in [-0.4, -0.2) is 68.4 Å². The molecule has 1 unspecified atom stereocenters. The average Bonchev–Trinajstić information content (AvgIpc) is 2.60. The van der Waals surface area contributed by atoms with E-state index >= 15 is 0 Å². The first-order valence-corrected chi connectivity index (χ1v) is 12.1. The Morgan fingerprint density at radius 1 is 1.25 bits per heavy atom. The van der Waals surface area contributed by atoms with E-state index in [0.717, 1.165) is 38.2 Å². The fourth-order valence-electron chi connectivity index (χ4n) is 3.53. The van der Waals surface area contributed by atoms with Crippen molar-refractivity contribution in [2.24, 2.45) is 16.8 Å². The molecule has 1 fully saturated rings. The molecule has 1 saturated heterocycles. The van der Waals surface area contributed by atoms with Crippen LogP contribution in [0.3, 0.4) is 0 Å². The zero-order chi connectivity index (χ0) is 20.3. The highest BCUT2D eigenvalue weighted by atomic mass is 127. The lowest BCUT2D eigenvalue weighted by atomic mass is 9.94. The van der Waals surface area contributed by atoms with E-state index in [9.17, 15) is 13.5 Å². The molecule has 168 valence electrons. The Bertz CT molecular complexity index is 535. The fraction of sp³-hybridized carbons (Fsp3) is 0.947. The number of hydrogen-bond acceptors (Lipinski definition) is 4. The standard InChI is InChI=1S/C19H40N4O3S.HI/c1-5-13-27(25,26)23-10-7-18(8-11-23)22-19(20-6-2)21-15-17(9-12-24)14-16(3)4;/h16-18,24H,5-15H2,1-4H3,(H2,20,21,22);1H. The molecule has 1 heterocycles. The van der Waals surface area contributed by atoms with Crippen molar-refractivity contribution in [1.29, 1.82) is 0 Å². The Hall–Kier alpha value is -0.130. The van der Waals surface area contributed by atoms with Gasteiger partial charge in [0.2, 0.25) is 10.0 Å². The van der Waals surface area contributed by atoms with Crippen LogP contribution < -0.4 is 10.6 Å². The van der Waals surface area contributed by atoms with Crippen LogP contribution in [-0.2, 0) is 10.0 Å². The number of hydrogen-bond donors (Lipinski definition) is 3. The number of guanidine groups is 1. The Morgan fingerprint density at radius 3 is 2.39 bits per heavy atom. The van der Waals surface area contributed by atoms with Gasteiger partial charge in [0.1, 0.15) is 0 Å². The zero-order valence-corrected chi connectivity index (χ0v) is 21.1. The topological polar surface area (TPSA) is 94.0 Å². The van der Waals surface area contributed by atoms with Gasteiger partial charge in [-0.3, -0.25) is 4.99 Å². The monoisotopic (exact) mass is 532 g/mol. The van der Waals surface area contributed by atoms with Gasteiger partial charge in [-0.1, -0.05) is 20.8 Å². The van der Waals surface area contributed by atoms with Crippen molar-refractivity contribution in [3.63, 3.8) is 0 Å². The molecular weight excluding hydrogens is 491 g/mol. The van der Waals surface area contributed by atoms with Gasteiger partial charge in [0, 0.05) is 38.8 Å². The third-order valence-electron chi connectivity index (χ3n) is 4.84. The molecule has 0 bridgehead atoms. The molecule has 0 saturated carbocycles. The number of nitrogens with zero attached hydrogens (tertiary/aromatic N) is 2. The molecule has 0 amide bonds. The van der Waals surface area contributed by atoms with Crippen LogP contribution in [0.1, 0.15) is 59.8 Å². The quantitative estimate of drug-likeness (QED) is 0.216. The molecule has 7 nitrogen and oxygen atoms in total. The van der Waals surface area contributed by atoms with Crippen molar-refractivity contribution in [3.05, 3.63) is 0 Å². The van der Waals surface area contributed by atoms with E-state index in [0.29, 0.717) is 37.9 Å². The highest BCUT2D eigenvalue weighted by Gasteiger charge is 2.27. The first-order chi connectivity index (χ1) is 12.8. The summed E-state index contributed by atoms with van der Waals surface area (Å²) in [7, 11) is -3.10. The summed E-state index contributed by atoms with van der Waals surface area (Å²) >= 11 is 0. The molecule has 28 heavy (non-hydrogen) atoms. The summed E-state index contributed by atoms with van der Waals surface area (Å²) in [6, 6.07) is 0.234. The predicted molar refractivity (Wildman–Crippen MR) is 128 cm³/mol. The highest BCUT2D eigenvalue weighted by Crippen LogP contribution is 2.17. The molecule has 0 aliphatic carbocycles. The molecule has 1 aliphatic heterocycles. The summed E-state index contributed by atoms with van der Waals surface area (Å²) in [5.74, 6) is 1.99. The number of piperidine rings is 1. The molecule has 3 N–H and O–H groups in total. The van der Waals surface area contributed by atoms with Gasteiger partial charge in [-0.15, -0.1) is 24.0 Å². The van der Waals surface area contributed by atoms with Crippen molar-refractivity contribution < 1.29 is 13.5 Å². The van der Waals surface area contributed by atoms with Gasteiger partial charge in [-0.25, -0.2) is 12.7 Å². The minimum Gasteiger partial charge on any atom is -0.396 e. The first kappa shape index (κ1) is 27.9. The largest absolute Gasteiger partial charge is 0.396 e. The second-order valence-electron chi connectivity index (χ2n) is 7.86. The normalized spacial score (nSPS) is 18.0. The number of sulfonamides is 1. The maximum atomic E-state index is 12.2. The molecule has 0 aromatic rings. The van der Waals surface area contributed by atoms with Gasteiger partial charge < -0.3 is 15.7 Å². The lowest BCUT2D eigenvalue weighted by molar-refractivity contribution is 0.245. The Balaban J connectivity index is 0.00000729. The van der Waals surface area contributed by atoms with E-state index in [-0.39, 0.29) is 42.4 Å².